The van der Waals surface area contributed by atoms with Crippen LogP contribution in [0.1, 0.15) is 24.4 Å². The molecule has 2 aromatic rings. The van der Waals surface area contributed by atoms with E-state index >= 15 is 0 Å². The SMILES string of the molecule is C/C=C/C=C/C=C/c1sc2ccc(CSC)cc2[n+]1CC. The van der Waals surface area contributed by atoms with Gasteiger partial charge < -0.3 is 0 Å². The number of allylic oxidation sites excluding steroid dienone is 5. The molecule has 0 unspecified atom stereocenters. The molecule has 2 rings (SSSR count). The number of nitrogens with zero attached hydrogens (tertiary/aromatic N) is 1. The molecular weight excluding hydrogens is 294 g/mol. The molecule has 0 saturated heterocycles. The van der Waals surface area contributed by atoms with Crippen LogP contribution in [-0.4, -0.2) is 6.26 Å². The Kier molecular flexibility index (Phi) is 6.27. The number of fused-ring (bicyclic) bond motifs is 1. The minimum Gasteiger partial charge on any atom is -0.182 e. The topological polar surface area (TPSA) is 3.88 Å². The van der Waals surface area contributed by atoms with Gasteiger partial charge >= 0.3 is 0 Å². The van der Waals surface area contributed by atoms with E-state index in [2.05, 4.69) is 60.2 Å². The molecule has 0 aliphatic rings. The molecule has 0 aliphatic heterocycles. The molecule has 1 aromatic heterocycles. The van der Waals surface area contributed by atoms with E-state index in [1.807, 2.05) is 42.2 Å². The number of aromatic nitrogens is 1. The van der Waals surface area contributed by atoms with Crippen molar-refractivity contribution < 1.29 is 4.57 Å². The van der Waals surface area contributed by atoms with Gasteiger partial charge in [0.15, 0.2) is 0 Å². The van der Waals surface area contributed by atoms with Gasteiger partial charge in [-0.15, -0.1) is 0 Å². The quantitative estimate of drug-likeness (QED) is 0.522. The maximum absolute atomic E-state index is 2.39. The van der Waals surface area contributed by atoms with Gasteiger partial charge in [-0.2, -0.15) is 16.3 Å². The fourth-order valence-electron chi connectivity index (χ4n) is 2.23. The van der Waals surface area contributed by atoms with E-state index in [4.69, 9.17) is 0 Å². The fourth-order valence-corrected chi connectivity index (χ4v) is 3.86. The molecule has 0 atom stereocenters. The molecule has 0 bridgehead atoms. The van der Waals surface area contributed by atoms with Crippen molar-refractivity contribution in [2.45, 2.75) is 26.1 Å². The van der Waals surface area contributed by atoms with E-state index in [1.54, 1.807) is 0 Å². The largest absolute Gasteiger partial charge is 0.262 e. The smallest absolute Gasteiger partial charge is 0.182 e. The highest BCUT2D eigenvalue weighted by Crippen LogP contribution is 2.24. The highest BCUT2D eigenvalue weighted by atomic mass is 32.2. The first-order chi connectivity index (χ1) is 10.3. The first-order valence-corrected chi connectivity index (χ1v) is 9.41. The molecule has 21 heavy (non-hydrogen) atoms. The summed E-state index contributed by atoms with van der Waals surface area (Å²) < 4.78 is 3.75. The molecule has 0 radical (unpaired) electrons. The standard InChI is InChI=1S/C18H22NS2/c1-4-6-7-8-9-10-18-19(5-2)16-13-15(14-20-3)11-12-17(16)21-18/h4,6-13H,5,14H2,1-3H3/q+1/b6-4+,8-7+,10-9+. The fraction of sp³-hybridized carbons (Fsp3) is 0.278. The minimum absolute atomic E-state index is 1.00. The van der Waals surface area contributed by atoms with Crippen LogP contribution in [0.25, 0.3) is 16.3 Å². The predicted octanol–water partition coefficient (Wildman–Crippen LogP) is 5.22. The second kappa shape index (κ2) is 8.20. The Morgan fingerprint density at radius 1 is 1.19 bits per heavy atom. The number of thiazole rings is 1. The number of rotatable bonds is 6. The van der Waals surface area contributed by atoms with E-state index in [-0.39, 0.29) is 0 Å². The molecule has 1 nitrogen and oxygen atoms in total. The molecule has 1 heterocycles. The lowest BCUT2D eigenvalue weighted by Crippen LogP contribution is -2.33. The Hall–Kier alpha value is -1.32. The number of benzene rings is 1. The van der Waals surface area contributed by atoms with Gasteiger partial charge in [0.05, 0.1) is 0 Å². The lowest BCUT2D eigenvalue weighted by molar-refractivity contribution is -0.665. The monoisotopic (exact) mass is 316 g/mol. The van der Waals surface area contributed by atoms with Crippen molar-refractivity contribution in [2.24, 2.45) is 0 Å². The second-order valence-electron chi connectivity index (χ2n) is 4.69. The Morgan fingerprint density at radius 3 is 2.71 bits per heavy atom. The van der Waals surface area contributed by atoms with Crippen LogP contribution in [0, 0.1) is 0 Å². The molecule has 0 N–H and O–H groups in total. The van der Waals surface area contributed by atoms with Gasteiger partial charge in [0.25, 0.3) is 5.01 Å². The summed E-state index contributed by atoms with van der Waals surface area (Å²) in [7, 11) is 0. The Labute approximate surface area is 135 Å². The normalized spacial score (nSPS) is 12.5. The highest BCUT2D eigenvalue weighted by molar-refractivity contribution is 7.97. The van der Waals surface area contributed by atoms with Gasteiger partial charge in [-0.1, -0.05) is 47.8 Å². The van der Waals surface area contributed by atoms with E-state index < -0.39 is 0 Å². The van der Waals surface area contributed by atoms with Crippen molar-refractivity contribution in [3.8, 4) is 0 Å². The van der Waals surface area contributed by atoms with E-state index in [9.17, 15) is 0 Å². The summed E-state index contributed by atoms with van der Waals surface area (Å²) in [5, 5.41) is 1.30. The molecule has 0 aliphatic carbocycles. The maximum atomic E-state index is 2.39. The Bertz CT molecular complexity index is 678. The van der Waals surface area contributed by atoms with Crippen LogP contribution in [0.4, 0.5) is 0 Å². The Balaban J connectivity index is 2.35. The van der Waals surface area contributed by atoms with Gasteiger partial charge in [0.1, 0.15) is 11.2 Å². The summed E-state index contributed by atoms with van der Waals surface area (Å²) in [5.41, 5.74) is 2.75. The van der Waals surface area contributed by atoms with Gasteiger partial charge in [-0.25, -0.2) is 0 Å². The predicted molar refractivity (Wildman–Crippen MR) is 97.9 cm³/mol. The van der Waals surface area contributed by atoms with Gasteiger partial charge in [0, 0.05) is 17.9 Å². The zero-order valence-corrected chi connectivity index (χ0v) is 14.5. The molecule has 0 saturated carbocycles. The summed E-state index contributed by atoms with van der Waals surface area (Å²) in [4.78, 5) is 0. The third kappa shape index (κ3) is 4.08. The molecule has 0 spiro atoms. The summed E-state index contributed by atoms with van der Waals surface area (Å²) in [5.74, 6) is 1.08. The van der Waals surface area contributed by atoms with Crippen molar-refractivity contribution in [1.82, 2.24) is 0 Å². The van der Waals surface area contributed by atoms with Crippen molar-refractivity contribution in [2.75, 3.05) is 6.26 Å². The van der Waals surface area contributed by atoms with E-state index in [0.29, 0.717) is 0 Å². The summed E-state index contributed by atoms with van der Waals surface area (Å²) in [6, 6.07) is 6.83. The van der Waals surface area contributed by atoms with Gasteiger partial charge in [0.2, 0.25) is 5.52 Å². The first kappa shape index (κ1) is 16.1. The number of hydrogen-bond acceptors (Lipinski definition) is 2. The average molecular weight is 317 g/mol. The minimum atomic E-state index is 1.00. The first-order valence-electron chi connectivity index (χ1n) is 7.20. The Morgan fingerprint density at radius 2 is 2.00 bits per heavy atom. The van der Waals surface area contributed by atoms with E-state index in [1.165, 1.54) is 20.8 Å². The third-order valence-electron chi connectivity index (χ3n) is 3.19. The third-order valence-corrected chi connectivity index (χ3v) is 4.94. The summed E-state index contributed by atoms with van der Waals surface area (Å²) in [6.45, 7) is 5.23. The average Bonchev–Trinajstić information content (AvgIpc) is 2.84. The van der Waals surface area contributed by atoms with Crippen molar-refractivity contribution in [1.29, 1.82) is 0 Å². The molecule has 0 fully saturated rings. The van der Waals surface area contributed by atoms with Crippen LogP contribution in [0.3, 0.4) is 0 Å². The second-order valence-corrected chi connectivity index (χ2v) is 6.62. The summed E-state index contributed by atoms with van der Waals surface area (Å²) >= 11 is 3.73. The van der Waals surface area contributed by atoms with E-state index in [0.717, 1.165) is 12.3 Å². The number of hydrogen-bond donors (Lipinski definition) is 0. The summed E-state index contributed by atoms with van der Waals surface area (Å²) in [6.07, 6.45) is 14.7. The molecule has 3 heteroatoms. The molecule has 110 valence electrons. The lowest BCUT2D eigenvalue weighted by atomic mass is 10.2. The number of thioether (sulfide) groups is 1. The van der Waals surface area contributed by atoms with Crippen molar-refractivity contribution in [3.63, 3.8) is 0 Å². The van der Waals surface area contributed by atoms with Crippen LogP contribution < -0.4 is 4.57 Å². The van der Waals surface area contributed by atoms with Crippen LogP contribution in [0.5, 0.6) is 0 Å². The molecule has 1 aromatic carbocycles. The van der Waals surface area contributed by atoms with Crippen LogP contribution in [-0.2, 0) is 12.3 Å². The zero-order chi connectivity index (χ0) is 15.1. The van der Waals surface area contributed by atoms with Crippen LogP contribution in [0.15, 0.2) is 48.6 Å². The van der Waals surface area contributed by atoms with Crippen LogP contribution in [0.2, 0.25) is 0 Å². The molecule has 0 amide bonds. The number of aryl methyl sites for hydroxylation is 1. The van der Waals surface area contributed by atoms with Crippen LogP contribution >= 0.6 is 23.1 Å². The zero-order valence-electron chi connectivity index (χ0n) is 12.9. The van der Waals surface area contributed by atoms with Gasteiger partial charge in [-0.05, 0) is 31.7 Å². The van der Waals surface area contributed by atoms with Crippen molar-refractivity contribution >= 4 is 39.4 Å². The molecular formula is C18H22NS2+. The van der Waals surface area contributed by atoms with Gasteiger partial charge in [-0.3, -0.25) is 0 Å². The lowest BCUT2D eigenvalue weighted by Gasteiger charge is -1.97. The van der Waals surface area contributed by atoms with Crippen molar-refractivity contribution in [3.05, 3.63) is 59.2 Å². The highest BCUT2D eigenvalue weighted by Gasteiger charge is 2.16. The maximum Gasteiger partial charge on any atom is 0.262 e.